The van der Waals surface area contributed by atoms with Gasteiger partial charge in [0, 0.05) is 12.4 Å². The summed E-state index contributed by atoms with van der Waals surface area (Å²) in [5.41, 5.74) is -1.50. The second kappa shape index (κ2) is 3.27. The van der Waals surface area contributed by atoms with Gasteiger partial charge in [0.05, 0.1) is 10.7 Å². The van der Waals surface area contributed by atoms with Crippen molar-refractivity contribution >= 4 is 17.3 Å². The largest absolute Gasteiger partial charge is 0.411 e. The van der Waals surface area contributed by atoms with Crippen LogP contribution in [0.4, 0.5) is 18.9 Å². The summed E-state index contributed by atoms with van der Waals surface area (Å²) in [5, 5.41) is 2.64. The number of halogens is 4. The van der Waals surface area contributed by atoms with Gasteiger partial charge in [-0.15, -0.1) is 0 Å². The van der Waals surface area contributed by atoms with E-state index in [0.29, 0.717) is 0 Å². The van der Waals surface area contributed by atoms with Crippen LogP contribution in [-0.2, 0) is 0 Å². The molecule has 1 N–H and O–H groups in total. The molecule has 0 saturated heterocycles. The monoisotopic (exact) mass is 236 g/mol. The Kier molecular flexibility index (Phi) is 2.30. The lowest BCUT2D eigenvalue weighted by molar-refractivity contribution is -0.151. The summed E-state index contributed by atoms with van der Waals surface area (Å²) in [6.45, 7) is 0. The zero-order valence-electron chi connectivity index (χ0n) is 7.61. The van der Waals surface area contributed by atoms with Gasteiger partial charge in [-0.25, -0.2) is 0 Å². The number of alkyl halides is 3. The molecule has 15 heavy (non-hydrogen) atoms. The summed E-state index contributed by atoms with van der Waals surface area (Å²) in [7, 11) is 0. The number of pyridine rings is 1. The number of aromatic nitrogens is 1. The average molecular weight is 237 g/mol. The van der Waals surface area contributed by atoms with E-state index >= 15 is 0 Å². The van der Waals surface area contributed by atoms with Crippen molar-refractivity contribution in [1.29, 1.82) is 0 Å². The highest BCUT2D eigenvalue weighted by atomic mass is 35.5. The van der Waals surface area contributed by atoms with Crippen molar-refractivity contribution < 1.29 is 13.2 Å². The van der Waals surface area contributed by atoms with Crippen molar-refractivity contribution in [2.24, 2.45) is 0 Å². The molecule has 6 heteroatoms. The standard InChI is InChI=1S/C9H8ClF3N2/c10-6-5-14-4-1-7(6)15-8(2-3-8)9(11,12)13/h1,4-5H,2-3H2,(H,14,15). The summed E-state index contributed by atoms with van der Waals surface area (Å²) in [6.07, 6.45) is -1.33. The molecule has 0 aromatic carbocycles. The number of hydrogen-bond donors (Lipinski definition) is 1. The van der Waals surface area contributed by atoms with E-state index in [2.05, 4.69) is 10.3 Å². The molecule has 0 bridgehead atoms. The first-order valence-electron chi connectivity index (χ1n) is 4.39. The van der Waals surface area contributed by atoms with E-state index in [9.17, 15) is 13.2 Å². The molecule has 1 aliphatic rings. The van der Waals surface area contributed by atoms with Crippen molar-refractivity contribution in [3.05, 3.63) is 23.5 Å². The lowest BCUT2D eigenvalue weighted by Gasteiger charge is -2.22. The highest BCUT2D eigenvalue weighted by molar-refractivity contribution is 6.33. The molecule has 0 amide bonds. The molecule has 0 radical (unpaired) electrons. The highest BCUT2D eigenvalue weighted by Crippen LogP contribution is 2.51. The number of hydrogen-bond acceptors (Lipinski definition) is 2. The van der Waals surface area contributed by atoms with Crippen molar-refractivity contribution in [3.63, 3.8) is 0 Å². The topological polar surface area (TPSA) is 24.9 Å². The Balaban J connectivity index is 2.20. The van der Waals surface area contributed by atoms with Gasteiger partial charge in [0.2, 0.25) is 0 Å². The Morgan fingerprint density at radius 1 is 1.40 bits per heavy atom. The molecule has 82 valence electrons. The molecule has 1 heterocycles. The van der Waals surface area contributed by atoms with E-state index < -0.39 is 11.7 Å². The van der Waals surface area contributed by atoms with Crippen LogP contribution in [0, 0.1) is 0 Å². The number of anilines is 1. The summed E-state index contributed by atoms with van der Waals surface area (Å²) in [5.74, 6) is 0. The predicted molar refractivity (Wildman–Crippen MR) is 50.9 cm³/mol. The van der Waals surface area contributed by atoms with Crippen molar-refractivity contribution in [2.75, 3.05) is 5.32 Å². The maximum atomic E-state index is 12.6. The summed E-state index contributed by atoms with van der Waals surface area (Å²) >= 11 is 5.72. The molecule has 0 aliphatic heterocycles. The Morgan fingerprint density at radius 2 is 2.07 bits per heavy atom. The predicted octanol–water partition coefficient (Wildman–Crippen LogP) is 3.24. The van der Waals surface area contributed by atoms with Gasteiger partial charge < -0.3 is 5.32 Å². The maximum Gasteiger partial charge on any atom is 0.411 e. The Morgan fingerprint density at radius 3 is 2.53 bits per heavy atom. The Hall–Kier alpha value is -0.970. The van der Waals surface area contributed by atoms with Gasteiger partial charge in [-0.3, -0.25) is 4.98 Å². The molecule has 1 fully saturated rings. The van der Waals surface area contributed by atoms with Gasteiger partial charge >= 0.3 is 6.18 Å². The van der Waals surface area contributed by atoms with E-state index in [-0.39, 0.29) is 23.6 Å². The number of nitrogens with one attached hydrogen (secondary N) is 1. The third-order valence-corrected chi connectivity index (χ3v) is 2.74. The van der Waals surface area contributed by atoms with Crippen LogP contribution in [0.15, 0.2) is 18.5 Å². The molecule has 2 rings (SSSR count). The van der Waals surface area contributed by atoms with Crippen LogP contribution in [0.3, 0.4) is 0 Å². The van der Waals surface area contributed by atoms with Gasteiger partial charge in [-0.05, 0) is 18.9 Å². The van der Waals surface area contributed by atoms with Crippen LogP contribution < -0.4 is 5.32 Å². The van der Waals surface area contributed by atoms with Crippen LogP contribution >= 0.6 is 11.6 Å². The molecule has 0 spiro atoms. The van der Waals surface area contributed by atoms with Crippen molar-refractivity contribution in [3.8, 4) is 0 Å². The third-order valence-electron chi connectivity index (χ3n) is 2.44. The Labute approximate surface area is 89.5 Å². The fraction of sp³-hybridized carbons (Fsp3) is 0.444. The second-order valence-corrected chi connectivity index (χ2v) is 3.97. The zero-order valence-corrected chi connectivity index (χ0v) is 8.36. The molecule has 0 atom stereocenters. The molecule has 1 aliphatic carbocycles. The summed E-state index contributed by atoms with van der Waals surface area (Å²) < 4.78 is 37.8. The van der Waals surface area contributed by atoms with Crippen molar-refractivity contribution in [1.82, 2.24) is 4.98 Å². The van der Waals surface area contributed by atoms with E-state index in [4.69, 9.17) is 11.6 Å². The van der Waals surface area contributed by atoms with Gasteiger partial charge in [-0.1, -0.05) is 11.6 Å². The van der Waals surface area contributed by atoms with E-state index in [1.54, 1.807) is 0 Å². The minimum absolute atomic E-state index is 0.0924. The maximum absolute atomic E-state index is 12.6. The van der Waals surface area contributed by atoms with Gasteiger partial charge in [0.1, 0.15) is 5.54 Å². The molecular weight excluding hydrogens is 229 g/mol. The molecule has 1 saturated carbocycles. The molecular formula is C9H8ClF3N2. The SMILES string of the molecule is FC(F)(F)C1(Nc2ccncc2Cl)CC1. The van der Waals surface area contributed by atoms with E-state index in [0.717, 1.165) is 0 Å². The fourth-order valence-electron chi connectivity index (χ4n) is 1.34. The number of rotatable bonds is 2. The molecule has 2 nitrogen and oxygen atoms in total. The van der Waals surface area contributed by atoms with Gasteiger partial charge in [0.25, 0.3) is 0 Å². The lowest BCUT2D eigenvalue weighted by Crippen LogP contribution is -2.38. The fourth-order valence-corrected chi connectivity index (χ4v) is 1.51. The van der Waals surface area contributed by atoms with Gasteiger partial charge in [0.15, 0.2) is 0 Å². The van der Waals surface area contributed by atoms with Gasteiger partial charge in [-0.2, -0.15) is 13.2 Å². The molecule has 0 unspecified atom stereocenters. The van der Waals surface area contributed by atoms with E-state index in [1.807, 2.05) is 0 Å². The van der Waals surface area contributed by atoms with E-state index in [1.165, 1.54) is 18.5 Å². The third kappa shape index (κ3) is 1.88. The lowest BCUT2D eigenvalue weighted by atomic mass is 10.2. The normalized spacial score (nSPS) is 18.7. The van der Waals surface area contributed by atoms with Crippen LogP contribution in [-0.4, -0.2) is 16.7 Å². The van der Waals surface area contributed by atoms with Crippen LogP contribution in [0.5, 0.6) is 0 Å². The molecule has 1 aromatic heterocycles. The zero-order chi connectivity index (χ0) is 11.1. The smallest absolute Gasteiger partial charge is 0.370 e. The highest BCUT2D eigenvalue weighted by Gasteiger charge is 2.63. The number of nitrogens with zero attached hydrogens (tertiary/aromatic N) is 1. The Bertz CT molecular complexity index is 374. The molecule has 1 aromatic rings. The average Bonchev–Trinajstić information content (AvgIpc) is 2.89. The summed E-state index contributed by atoms with van der Waals surface area (Å²) in [6, 6.07) is 1.44. The minimum Gasteiger partial charge on any atom is -0.370 e. The first-order chi connectivity index (χ1) is 6.95. The minimum atomic E-state index is -4.24. The first kappa shape index (κ1) is 10.5. The van der Waals surface area contributed by atoms with Crippen molar-refractivity contribution in [2.45, 2.75) is 24.6 Å². The van der Waals surface area contributed by atoms with Crippen LogP contribution in [0.2, 0.25) is 5.02 Å². The first-order valence-corrected chi connectivity index (χ1v) is 4.77. The quantitative estimate of drug-likeness (QED) is 0.853. The van der Waals surface area contributed by atoms with Crippen LogP contribution in [0.1, 0.15) is 12.8 Å². The summed E-state index contributed by atoms with van der Waals surface area (Å²) in [4.78, 5) is 3.70. The second-order valence-electron chi connectivity index (χ2n) is 3.56. The van der Waals surface area contributed by atoms with Crippen LogP contribution in [0.25, 0.3) is 0 Å².